The summed E-state index contributed by atoms with van der Waals surface area (Å²) in [7, 11) is 0. The molecule has 3 heterocycles. The summed E-state index contributed by atoms with van der Waals surface area (Å²) >= 11 is 0. The summed E-state index contributed by atoms with van der Waals surface area (Å²) in [5, 5.41) is 113. The number of unbranched alkanes of at least 4 members (excludes halogenated alkanes) is 7. The fraction of sp³-hybridized carbons (Fsp3) is 0.898. The minimum atomic E-state index is -1.95. The molecule has 456 valence electrons. The topological polar surface area (TPSA) is 338 Å². The van der Waals surface area contributed by atoms with Gasteiger partial charge in [0, 0.05) is 12.8 Å². The second-order valence-corrected chi connectivity index (χ2v) is 27.1. The third-order valence-corrected chi connectivity index (χ3v) is 21.8. The number of carbonyl (C=O) groups excluding carboxylic acids is 3. The molecule has 0 aromatic heterocycles. The third kappa shape index (κ3) is 11.6. The molecule has 3 saturated heterocycles. The Balaban J connectivity index is 1.04. The average molecular weight is 1140 g/mol. The Labute approximate surface area is 470 Å². The molecule has 4 saturated carbocycles. The summed E-state index contributed by atoms with van der Waals surface area (Å²) in [5.41, 5.74) is -2.89. The van der Waals surface area contributed by atoms with Crippen LogP contribution in [0.2, 0.25) is 0 Å². The van der Waals surface area contributed by atoms with Crippen LogP contribution in [0, 0.1) is 50.2 Å². The number of rotatable bonds is 20. The maximum atomic E-state index is 15.7. The van der Waals surface area contributed by atoms with Crippen molar-refractivity contribution in [1.29, 1.82) is 0 Å². The van der Waals surface area contributed by atoms with Gasteiger partial charge in [0.2, 0.25) is 12.2 Å². The minimum Gasteiger partial charge on any atom is -0.481 e. The summed E-state index contributed by atoms with van der Waals surface area (Å²) in [6.07, 6.45) is -8.54. The van der Waals surface area contributed by atoms with Gasteiger partial charge in [0.1, 0.15) is 60.5 Å². The van der Waals surface area contributed by atoms with Crippen molar-refractivity contribution in [2.45, 2.75) is 269 Å². The van der Waals surface area contributed by atoms with Gasteiger partial charge in [0.15, 0.2) is 18.7 Å². The lowest BCUT2D eigenvalue weighted by atomic mass is 9.33. The number of allylic oxidation sites excluding steroid dienone is 2. The molecule has 0 aromatic carbocycles. The Kier molecular flexibility index (Phi) is 19.5. The predicted molar refractivity (Wildman–Crippen MR) is 284 cm³/mol. The third-order valence-electron chi connectivity index (χ3n) is 21.8. The highest BCUT2D eigenvalue weighted by Crippen LogP contribution is 2.76. The molecule has 21 nitrogen and oxygen atoms in total. The van der Waals surface area contributed by atoms with Crippen LogP contribution in [0.25, 0.3) is 0 Å². The highest BCUT2D eigenvalue weighted by Gasteiger charge is 2.72. The SMILES string of the molecule is CC1O[C@@H](OC2C(O)[C@@H](NC(=O)CCCCCCCCCCC(=O)O)C(CO)O[C@H]2OC(=O)[C@]23CCC(C)(C)CC2C2=CCC4C5(C)CC[C@H](O)[C@](C)(C=O)[C@@H]5CC[C@]4(C)[C@]2(C)CC3O)C(O)C(O)[C@H]1O[C@@H]1OC[C@@H](O)C(O)C1O. The second kappa shape index (κ2) is 24.7. The zero-order chi connectivity index (χ0) is 58.5. The number of esters is 1. The van der Waals surface area contributed by atoms with Gasteiger partial charge in [-0.05, 0) is 117 Å². The quantitative estimate of drug-likeness (QED) is 0.0361. The first kappa shape index (κ1) is 63.3. The van der Waals surface area contributed by atoms with Crippen molar-refractivity contribution in [3.8, 4) is 0 Å². The average Bonchev–Trinajstić information content (AvgIpc) is 3.42. The Morgan fingerprint density at radius 2 is 1.34 bits per heavy atom. The Morgan fingerprint density at radius 3 is 1.99 bits per heavy atom. The number of aliphatic hydroxyl groups is 9. The van der Waals surface area contributed by atoms with E-state index in [0.29, 0.717) is 44.9 Å². The zero-order valence-electron chi connectivity index (χ0n) is 48.0. The van der Waals surface area contributed by atoms with Crippen molar-refractivity contribution in [2.75, 3.05) is 13.2 Å². The van der Waals surface area contributed by atoms with Gasteiger partial charge in [-0.25, -0.2) is 0 Å². The van der Waals surface area contributed by atoms with Crippen LogP contribution >= 0.6 is 0 Å². The lowest BCUT2D eigenvalue weighted by molar-refractivity contribution is -0.370. The lowest BCUT2D eigenvalue weighted by Gasteiger charge is -2.71. The molecule has 24 atom stereocenters. The zero-order valence-corrected chi connectivity index (χ0v) is 48.0. The standard InChI is InChI=1S/C59H95NO20/c1-31-48(78-50-46(72)43(69)34(63)29-75-50)45(71)47(73)51(76-31)79-49-44(70)42(60-40(66)16-14-12-10-8-9-11-13-15-17-41(67)68)35(28-61)77-52(49)80-53(74)59-25-24-54(2,3)26-33(59)32-18-19-37-55(4)22-21-38(64)56(5,30-62)36(55)20-23-57(37,6)58(32,7)27-39(59)65/h18,30-31,33-39,42-52,61,63-65,69-73H,8-17,19-29H2,1-7H3,(H,60,66)(H,67,68)/t31?,33?,34-,35?,36-,37?,38+,39?,42+,43?,44?,45?,46?,47?,48+,49?,50+,51+,52+,55?,56-,57+,58-,59-/m1/s1. The van der Waals surface area contributed by atoms with Gasteiger partial charge < -0.3 is 89.6 Å². The molecule has 11 N–H and O–H groups in total. The number of carboxylic acid groups (broad SMARTS) is 1. The van der Waals surface area contributed by atoms with E-state index in [1.807, 2.05) is 6.92 Å². The molecule has 0 aromatic rings. The number of nitrogens with one attached hydrogen (secondary N) is 1. The number of hydrogen-bond acceptors (Lipinski definition) is 19. The number of aliphatic hydroxyl groups excluding tert-OH is 9. The summed E-state index contributed by atoms with van der Waals surface area (Å²) < 4.78 is 36.4. The van der Waals surface area contributed by atoms with Crippen LogP contribution in [0.1, 0.15) is 170 Å². The van der Waals surface area contributed by atoms with Gasteiger partial charge in [0.05, 0.1) is 43.0 Å². The molecule has 0 spiro atoms. The number of amides is 1. The maximum absolute atomic E-state index is 15.7. The Hall–Kier alpha value is -2.74. The van der Waals surface area contributed by atoms with Gasteiger partial charge in [-0.15, -0.1) is 0 Å². The maximum Gasteiger partial charge on any atom is 0.317 e. The highest BCUT2D eigenvalue weighted by molar-refractivity contribution is 5.80. The smallest absolute Gasteiger partial charge is 0.317 e. The van der Waals surface area contributed by atoms with E-state index < -0.39 is 151 Å². The molecular weight excluding hydrogens is 1040 g/mol. The van der Waals surface area contributed by atoms with Gasteiger partial charge in [-0.3, -0.25) is 14.4 Å². The van der Waals surface area contributed by atoms with E-state index in [1.165, 1.54) is 6.92 Å². The fourth-order valence-corrected chi connectivity index (χ4v) is 16.7. The predicted octanol–water partition coefficient (Wildman–Crippen LogP) is 3.07. The molecular formula is C59H95NO20. The van der Waals surface area contributed by atoms with Crippen molar-refractivity contribution < 1.29 is 98.7 Å². The minimum absolute atomic E-state index is 0.0471. The van der Waals surface area contributed by atoms with Crippen molar-refractivity contribution in [1.82, 2.24) is 5.32 Å². The molecule has 8 aliphatic rings. The molecule has 1 amide bonds. The normalized spacial score (nSPS) is 47.0. The number of aldehydes is 1. The molecule has 8 rings (SSSR count). The number of hydrogen-bond donors (Lipinski definition) is 11. The van der Waals surface area contributed by atoms with Gasteiger partial charge in [0.25, 0.3) is 0 Å². The van der Waals surface area contributed by atoms with Crippen molar-refractivity contribution in [3.05, 3.63) is 11.6 Å². The van der Waals surface area contributed by atoms with Gasteiger partial charge >= 0.3 is 11.9 Å². The first-order valence-corrected chi connectivity index (χ1v) is 29.8. The molecule has 21 heteroatoms. The van der Waals surface area contributed by atoms with Gasteiger partial charge in [-0.1, -0.05) is 91.7 Å². The van der Waals surface area contributed by atoms with E-state index in [-0.39, 0.29) is 53.8 Å². The fourth-order valence-electron chi connectivity index (χ4n) is 16.7. The van der Waals surface area contributed by atoms with Crippen LogP contribution in [0.3, 0.4) is 0 Å². The van der Waals surface area contributed by atoms with E-state index in [4.69, 9.17) is 33.5 Å². The highest BCUT2D eigenvalue weighted by atomic mass is 16.8. The summed E-state index contributed by atoms with van der Waals surface area (Å²) in [6.45, 7) is 13.3. The molecule has 7 fully saturated rings. The van der Waals surface area contributed by atoms with Crippen LogP contribution in [0.4, 0.5) is 0 Å². The van der Waals surface area contributed by atoms with Crippen molar-refractivity contribution >= 4 is 24.1 Å². The van der Waals surface area contributed by atoms with Gasteiger partial charge in [-0.2, -0.15) is 0 Å². The molecule has 0 bridgehead atoms. The summed E-state index contributed by atoms with van der Waals surface area (Å²) in [4.78, 5) is 52.9. The molecule has 3 aliphatic heterocycles. The van der Waals surface area contributed by atoms with Crippen molar-refractivity contribution in [3.63, 3.8) is 0 Å². The number of carboxylic acids is 1. The van der Waals surface area contributed by atoms with E-state index in [0.717, 1.165) is 63.2 Å². The number of aliphatic carboxylic acids is 1. The van der Waals surface area contributed by atoms with Crippen molar-refractivity contribution in [2.24, 2.45) is 50.2 Å². The monoisotopic (exact) mass is 1140 g/mol. The largest absolute Gasteiger partial charge is 0.481 e. The van der Waals surface area contributed by atoms with Crippen LogP contribution < -0.4 is 5.32 Å². The number of fused-ring (bicyclic) bond motifs is 7. The van der Waals surface area contributed by atoms with Crippen LogP contribution in [-0.2, 0) is 47.6 Å². The van der Waals surface area contributed by atoms with Crippen LogP contribution in [-0.4, -0.2) is 187 Å². The molecule has 0 radical (unpaired) electrons. The van der Waals surface area contributed by atoms with E-state index in [9.17, 15) is 60.3 Å². The van der Waals surface area contributed by atoms with Crippen LogP contribution in [0.5, 0.6) is 0 Å². The molecule has 5 aliphatic carbocycles. The Morgan fingerprint density at radius 1 is 0.700 bits per heavy atom. The van der Waals surface area contributed by atoms with Crippen LogP contribution in [0.15, 0.2) is 11.6 Å². The number of carbonyl (C=O) groups is 4. The Bertz CT molecular complexity index is 2220. The summed E-state index contributed by atoms with van der Waals surface area (Å²) in [6, 6.07) is -1.36. The first-order valence-electron chi connectivity index (χ1n) is 29.8. The van der Waals surface area contributed by atoms with E-state index >= 15 is 4.79 Å². The summed E-state index contributed by atoms with van der Waals surface area (Å²) in [5.74, 6) is -2.57. The number of ether oxygens (including phenoxy) is 6. The molecule has 80 heavy (non-hydrogen) atoms. The van der Waals surface area contributed by atoms with E-state index in [2.05, 4.69) is 46.0 Å². The van der Waals surface area contributed by atoms with E-state index in [1.54, 1.807) is 0 Å². The lowest BCUT2D eigenvalue weighted by Crippen LogP contribution is -2.69. The first-order chi connectivity index (χ1) is 37.6. The molecule has 12 unspecified atom stereocenters. The second-order valence-electron chi connectivity index (χ2n) is 27.1.